The highest BCUT2D eigenvalue weighted by molar-refractivity contribution is 7.09. The van der Waals surface area contributed by atoms with Gasteiger partial charge in [0.05, 0.1) is 16.6 Å². The van der Waals surface area contributed by atoms with Crippen LogP contribution >= 0.6 is 11.3 Å². The maximum absolute atomic E-state index is 12.1. The maximum atomic E-state index is 12.1. The van der Waals surface area contributed by atoms with Crippen LogP contribution in [0.3, 0.4) is 0 Å². The van der Waals surface area contributed by atoms with Crippen molar-refractivity contribution in [2.45, 2.75) is 6.92 Å². The van der Waals surface area contributed by atoms with Gasteiger partial charge >= 0.3 is 6.01 Å². The fourth-order valence-corrected chi connectivity index (χ4v) is 2.32. The summed E-state index contributed by atoms with van der Waals surface area (Å²) >= 11 is 1.47. The Kier molecular flexibility index (Phi) is 3.64. The van der Waals surface area contributed by atoms with Crippen LogP contribution in [-0.2, 0) is 0 Å². The van der Waals surface area contributed by atoms with Gasteiger partial charge in [-0.2, -0.15) is 5.26 Å². The van der Waals surface area contributed by atoms with Crippen molar-refractivity contribution in [2.75, 3.05) is 5.32 Å². The van der Waals surface area contributed by atoms with Crippen molar-refractivity contribution in [1.82, 2.24) is 15.2 Å². The van der Waals surface area contributed by atoms with E-state index >= 15 is 0 Å². The molecule has 0 spiro atoms. The summed E-state index contributed by atoms with van der Waals surface area (Å²) in [6.45, 7) is 1.87. The molecule has 0 unspecified atom stereocenters. The molecule has 0 fully saturated rings. The first-order valence-electron chi connectivity index (χ1n) is 6.23. The van der Waals surface area contributed by atoms with Crippen LogP contribution in [0.4, 0.5) is 6.01 Å². The minimum Gasteiger partial charge on any atom is -0.401 e. The molecular weight excluding hydrogens is 302 g/mol. The molecule has 3 rings (SSSR count). The third-order valence-corrected chi connectivity index (χ3v) is 3.51. The van der Waals surface area contributed by atoms with Crippen LogP contribution < -0.4 is 5.32 Å². The van der Waals surface area contributed by atoms with E-state index in [4.69, 9.17) is 9.68 Å². The normalized spacial score (nSPS) is 10.2. The number of nitriles is 1. The van der Waals surface area contributed by atoms with Gasteiger partial charge in [0.1, 0.15) is 5.69 Å². The lowest BCUT2D eigenvalue weighted by molar-refractivity contribution is 0.102. The van der Waals surface area contributed by atoms with E-state index < -0.39 is 5.91 Å². The molecule has 0 aliphatic rings. The van der Waals surface area contributed by atoms with Crippen molar-refractivity contribution >= 4 is 23.3 Å². The van der Waals surface area contributed by atoms with E-state index in [9.17, 15) is 4.79 Å². The zero-order valence-electron chi connectivity index (χ0n) is 11.4. The molecule has 0 atom stereocenters. The Morgan fingerprint density at radius 3 is 3.00 bits per heavy atom. The number of aromatic nitrogens is 3. The zero-order valence-corrected chi connectivity index (χ0v) is 12.2. The molecule has 1 aromatic carbocycles. The number of hydrogen-bond donors (Lipinski definition) is 1. The molecule has 0 aliphatic carbocycles. The SMILES string of the molecule is Cc1nc(-c2nnc(NC(=O)c3cccc(C#N)c3)o2)cs1. The van der Waals surface area contributed by atoms with Gasteiger partial charge in [-0.25, -0.2) is 4.98 Å². The molecule has 8 heteroatoms. The van der Waals surface area contributed by atoms with Crippen LogP contribution in [0.5, 0.6) is 0 Å². The number of carbonyl (C=O) groups excluding carboxylic acids is 1. The van der Waals surface area contributed by atoms with E-state index in [1.165, 1.54) is 17.4 Å². The molecule has 7 nitrogen and oxygen atoms in total. The average molecular weight is 311 g/mol. The first-order valence-corrected chi connectivity index (χ1v) is 7.11. The predicted molar refractivity (Wildman–Crippen MR) is 79.3 cm³/mol. The van der Waals surface area contributed by atoms with E-state index in [-0.39, 0.29) is 11.9 Å². The molecular formula is C14H9N5O2S. The van der Waals surface area contributed by atoms with E-state index in [2.05, 4.69) is 20.5 Å². The second kappa shape index (κ2) is 5.75. The lowest BCUT2D eigenvalue weighted by Gasteiger charge is -2.00. The van der Waals surface area contributed by atoms with Gasteiger partial charge in [0.25, 0.3) is 11.8 Å². The molecule has 2 aromatic heterocycles. The zero-order chi connectivity index (χ0) is 15.5. The van der Waals surface area contributed by atoms with Gasteiger partial charge in [-0.05, 0) is 25.1 Å². The summed E-state index contributed by atoms with van der Waals surface area (Å²) in [5.74, 6) is -0.188. The van der Waals surface area contributed by atoms with E-state index in [0.29, 0.717) is 16.8 Å². The van der Waals surface area contributed by atoms with Crippen LogP contribution in [0.25, 0.3) is 11.6 Å². The summed E-state index contributed by atoms with van der Waals surface area (Å²) in [5.41, 5.74) is 1.31. The van der Waals surface area contributed by atoms with Gasteiger partial charge in [-0.15, -0.1) is 16.4 Å². The fourth-order valence-electron chi connectivity index (χ4n) is 1.74. The van der Waals surface area contributed by atoms with Gasteiger partial charge in [-0.3, -0.25) is 10.1 Å². The number of benzene rings is 1. The third-order valence-electron chi connectivity index (χ3n) is 2.74. The molecule has 1 amide bonds. The standard InChI is InChI=1S/C14H9N5O2S/c1-8-16-11(7-22-8)13-18-19-14(21-13)17-12(20)10-4-2-3-9(5-10)6-15/h2-5,7H,1H3,(H,17,19,20). The smallest absolute Gasteiger partial charge is 0.322 e. The lowest BCUT2D eigenvalue weighted by Crippen LogP contribution is -2.12. The second-order valence-electron chi connectivity index (χ2n) is 4.31. The Labute approximate surface area is 129 Å². The van der Waals surface area contributed by atoms with Gasteiger partial charge in [0.2, 0.25) is 0 Å². The van der Waals surface area contributed by atoms with Crippen LogP contribution in [-0.4, -0.2) is 21.1 Å². The van der Waals surface area contributed by atoms with Crippen molar-refractivity contribution < 1.29 is 9.21 Å². The number of thiazole rings is 1. The number of nitrogens with one attached hydrogen (secondary N) is 1. The summed E-state index contributed by atoms with van der Waals surface area (Å²) in [5, 5.41) is 21.6. The van der Waals surface area contributed by atoms with E-state index in [1.807, 2.05) is 13.0 Å². The fraction of sp³-hybridized carbons (Fsp3) is 0.0714. The molecule has 0 saturated carbocycles. The minimum absolute atomic E-state index is 0.0204. The molecule has 22 heavy (non-hydrogen) atoms. The van der Waals surface area contributed by atoms with Crippen molar-refractivity contribution in [3.8, 4) is 17.7 Å². The number of anilines is 1. The van der Waals surface area contributed by atoms with E-state index in [1.54, 1.807) is 23.6 Å². The van der Waals surface area contributed by atoms with Crippen LogP contribution in [0.15, 0.2) is 34.1 Å². The molecule has 1 N–H and O–H groups in total. The highest BCUT2D eigenvalue weighted by atomic mass is 32.1. The molecule has 0 radical (unpaired) electrons. The molecule has 108 valence electrons. The number of rotatable bonds is 3. The maximum Gasteiger partial charge on any atom is 0.322 e. The van der Waals surface area contributed by atoms with Crippen molar-refractivity contribution in [2.24, 2.45) is 0 Å². The van der Waals surface area contributed by atoms with Gasteiger partial charge in [0.15, 0.2) is 0 Å². The average Bonchev–Trinajstić information content (AvgIpc) is 3.16. The first-order chi connectivity index (χ1) is 10.7. The van der Waals surface area contributed by atoms with Gasteiger partial charge in [-0.1, -0.05) is 11.2 Å². The Morgan fingerprint density at radius 2 is 2.27 bits per heavy atom. The monoisotopic (exact) mass is 311 g/mol. The summed E-state index contributed by atoms with van der Waals surface area (Å²) < 4.78 is 5.36. The van der Waals surface area contributed by atoms with Crippen LogP contribution in [0.1, 0.15) is 20.9 Å². The van der Waals surface area contributed by atoms with Crippen LogP contribution in [0.2, 0.25) is 0 Å². The van der Waals surface area contributed by atoms with Crippen molar-refractivity contribution in [1.29, 1.82) is 5.26 Å². The number of aryl methyl sites for hydroxylation is 1. The second-order valence-corrected chi connectivity index (χ2v) is 5.37. The molecule has 0 aliphatic heterocycles. The Hall–Kier alpha value is -3.05. The summed E-state index contributed by atoms with van der Waals surface area (Å²) in [6, 6.07) is 8.28. The highest BCUT2D eigenvalue weighted by Crippen LogP contribution is 2.21. The lowest BCUT2D eigenvalue weighted by atomic mass is 10.1. The van der Waals surface area contributed by atoms with Crippen molar-refractivity contribution in [3.63, 3.8) is 0 Å². The molecule has 3 aromatic rings. The Balaban J connectivity index is 1.77. The predicted octanol–water partition coefficient (Wildman–Crippen LogP) is 2.63. The quantitative estimate of drug-likeness (QED) is 0.797. The topological polar surface area (TPSA) is 105 Å². The number of carbonyl (C=O) groups is 1. The Bertz CT molecular complexity index is 877. The first kappa shape index (κ1) is 13.9. The molecule has 0 bridgehead atoms. The number of nitrogens with zero attached hydrogens (tertiary/aromatic N) is 4. The van der Waals surface area contributed by atoms with E-state index in [0.717, 1.165) is 5.01 Å². The summed E-state index contributed by atoms with van der Waals surface area (Å²) in [7, 11) is 0. The third kappa shape index (κ3) is 2.84. The minimum atomic E-state index is -0.429. The number of hydrogen-bond acceptors (Lipinski definition) is 7. The van der Waals surface area contributed by atoms with Gasteiger partial charge < -0.3 is 4.42 Å². The highest BCUT2D eigenvalue weighted by Gasteiger charge is 2.14. The van der Waals surface area contributed by atoms with Crippen molar-refractivity contribution in [3.05, 3.63) is 45.8 Å². The summed E-state index contributed by atoms with van der Waals surface area (Å²) in [4.78, 5) is 16.3. The van der Waals surface area contributed by atoms with Crippen LogP contribution in [0, 0.1) is 18.3 Å². The summed E-state index contributed by atoms with van der Waals surface area (Å²) in [6.07, 6.45) is 0. The largest absolute Gasteiger partial charge is 0.401 e. The number of amides is 1. The molecule has 0 saturated heterocycles. The Morgan fingerprint density at radius 1 is 1.41 bits per heavy atom. The van der Waals surface area contributed by atoms with Gasteiger partial charge in [0, 0.05) is 10.9 Å². The molecule has 2 heterocycles.